The molecule has 2 heteroatoms. The van der Waals surface area contributed by atoms with Crippen molar-refractivity contribution in [1.29, 1.82) is 0 Å². The molecule has 2 rings (SSSR count). The van der Waals surface area contributed by atoms with E-state index in [4.69, 9.17) is 5.73 Å². The normalized spacial score (nSPS) is 32.0. The minimum absolute atomic E-state index is 0.838. The number of rotatable bonds is 3. The molecule has 2 N–H and O–H groups in total. The van der Waals surface area contributed by atoms with Gasteiger partial charge in [-0.15, -0.1) is 0 Å². The molecule has 2 unspecified atom stereocenters. The summed E-state index contributed by atoms with van der Waals surface area (Å²) in [5.41, 5.74) is 5.99. The van der Waals surface area contributed by atoms with Gasteiger partial charge in [0.2, 0.25) is 0 Å². The smallest absolute Gasteiger partial charge is 0.00190 e. The second-order valence-electron chi connectivity index (χ2n) is 5.58. The van der Waals surface area contributed by atoms with Gasteiger partial charge in [0.15, 0.2) is 0 Å². The van der Waals surface area contributed by atoms with Crippen LogP contribution >= 0.6 is 0 Å². The van der Waals surface area contributed by atoms with Crippen molar-refractivity contribution in [2.24, 2.45) is 23.5 Å². The van der Waals surface area contributed by atoms with Crippen molar-refractivity contribution >= 4 is 0 Å². The Morgan fingerprint density at radius 1 is 1.07 bits per heavy atom. The van der Waals surface area contributed by atoms with E-state index in [9.17, 15) is 0 Å². The van der Waals surface area contributed by atoms with E-state index >= 15 is 0 Å². The summed E-state index contributed by atoms with van der Waals surface area (Å²) in [4.78, 5) is 2.48. The van der Waals surface area contributed by atoms with E-state index in [2.05, 4.69) is 11.9 Å². The molecule has 2 atom stereocenters. The first kappa shape index (κ1) is 11.4. The number of nitrogens with zero attached hydrogens (tertiary/aromatic N) is 1. The highest BCUT2D eigenvalue weighted by Crippen LogP contribution is 2.39. The molecule has 2 aliphatic rings. The second-order valence-corrected chi connectivity index (χ2v) is 5.58. The lowest BCUT2D eigenvalue weighted by Crippen LogP contribution is -2.34. The first-order valence-electron chi connectivity index (χ1n) is 6.70. The minimum atomic E-state index is 0.838. The van der Waals surface area contributed by atoms with Gasteiger partial charge in [0.25, 0.3) is 0 Å². The molecule has 1 saturated carbocycles. The van der Waals surface area contributed by atoms with Crippen LogP contribution in [0, 0.1) is 17.8 Å². The van der Waals surface area contributed by atoms with Crippen LogP contribution in [0.3, 0.4) is 0 Å². The zero-order valence-electron chi connectivity index (χ0n) is 10.1. The Labute approximate surface area is 94.2 Å². The van der Waals surface area contributed by atoms with E-state index in [1.54, 1.807) is 0 Å². The molecule has 0 bridgehead atoms. The Balaban J connectivity index is 1.88. The third-order valence-corrected chi connectivity index (χ3v) is 4.63. The topological polar surface area (TPSA) is 29.3 Å². The number of hydrogen-bond acceptors (Lipinski definition) is 2. The van der Waals surface area contributed by atoms with Crippen molar-refractivity contribution in [2.45, 2.75) is 38.5 Å². The summed E-state index contributed by atoms with van der Waals surface area (Å²) >= 11 is 0. The number of hydrogen-bond donors (Lipinski definition) is 1. The number of likely N-dealkylation sites (tertiary alicyclic amines) is 1. The summed E-state index contributed by atoms with van der Waals surface area (Å²) in [5, 5.41) is 0. The third-order valence-electron chi connectivity index (χ3n) is 4.63. The Kier molecular flexibility index (Phi) is 4.04. The average Bonchev–Trinajstić information content (AvgIpc) is 2.36. The van der Waals surface area contributed by atoms with Crippen LogP contribution in [0.5, 0.6) is 0 Å². The maximum atomic E-state index is 5.99. The van der Waals surface area contributed by atoms with Gasteiger partial charge >= 0.3 is 0 Å². The third kappa shape index (κ3) is 2.73. The van der Waals surface area contributed by atoms with Gasteiger partial charge in [-0.05, 0) is 63.7 Å². The quantitative estimate of drug-likeness (QED) is 0.773. The molecule has 0 aromatic rings. The molecule has 88 valence electrons. The van der Waals surface area contributed by atoms with Gasteiger partial charge < -0.3 is 10.6 Å². The molecule has 0 radical (unpaired) electrons. The van der Waals surface area contributed by atoms with E-state index in [-0.39, 0.29) is 0 Å². The van der Waals surface area contributed by atoms with E-state index < -0.39 is 0 Å². The van der Waals surface area contributed by atoms with Crippen LogP contribution in [0.15, 0.2) is 0 Å². The SMILES string of the molecule is CN1CCCC(C(CN)C2CCC2)CC1. The lowest BCUT2D eigenvalue weighted by molar-refractivity contribution is 0.138. The molecule has 2 nitrogen and oxygen atoms in total. The summed E-state index contributed by atoms with van der Waals surface area (Å²) in [7, 11) is 2.25. The standard InChI is InChI=1S/C13H26N2/c1-15-8-3-6-12(7-9-15)13(10-14)11-4-2-5-11/h11-13H,2-10,14H2,1H3. The molecule has 1 saturated heterocycles. The lowest BCUT2D eigenvalue weighted by atomic mass is 9.69. The van der Waals surface area contributed by atoms with Crippen LogP contribution in [0.2, 0.25) is 0 Å². The summed E-state index contributed by atoms with van der Waals surface area (Å²) in [5.74, 6) is 2.74. The first-order chi connectivity index (χ1) is 7.31. The van der Waals surface area contributed by atoms with E-state index in [1.807, 2.05) is 0 Å². The van der Waals surface area contributed by atoms with Crippen LogP contribution in [0.4, 0.5) is 0 Å². The van der Waals surface area contributed by atoms with Crippen molar-refractivity contribution < 1.29 is 0 Å². The molecule has 0 aromatic carbocycles. The summed E-state index contributed by atoms with van der Waals surface area (Å²) < 4.78 is 0. The predicted molar refractivity (Wildman–Crippen MR) is 64.7 cm³/mol. The summed E-state index contributed by atoms with van der Waals surface area (Å²) in [6.07, 6.45) is 8.54. The fourth-order valence-electron chi connectivity index (χ4n) is 3.33. The maximum Gasteiger partial charge on any atom is -0.00190 e. The molecule has 15 heavy (non-hydrogen) atoms. The Hall–Kier alpha value is -0.0800. The van der Waals surface area contributed by atoms with Crippen LogP contribution in [0.1, 0.15) is 38.5 Å². The van der Waals surface area contributed by atoms with E-state index in [0.717, 1.165) is 24.3 Å². The van der Waals surface area contributed by atoms with Crippen LogP contribution < -0.4 is 5.73 Å². The minimum Gasteiger partial charge on any atom is -0.330 e. The largest absolute Gasteiger partial charge is 0.330 e. The van der Waals surface area contributed by atoms with E-state index in [1.165, 1.54) is 51.6 Å². The summed E-state index contributed by atoms with van der Waals surface area (Å²) in [6, 6.07) is 0. The van der Waals surface area contributed by atoms with Gasteiger partial charge in [-0.2, -0.15) is 0 Å². The highest BCUT2D eigenvalue weighted by molar-refractivity contribution is 4.84. The molecule has 1 aliphatic carbocycles. The Morgan fingerprint density at radius 2 is 1.73 bits per heavy atom. The highest BCUT2D eigenvalue weighted by atomic mass is 15.1. The van der Waals surface area contributed by atoms with Gasteiger partial charge in [0.1, 0.15) is 0 Å². The Morgan fingerprint density at radius 3 is 2.33 bits per heavy atom. The predicted octanol–water partition coefficient (Wildman–Crippen LogP) is 2.09. The van der Waals surface area contributed by atoms with Crippen molar-refractivity contribution in [3.05, 3.63) is 0 Å². The lowest BCUT2D eigenvalue weighted by Gasteiger charge is -2.38. The number of nitrogens with two attached hydrogens (primary N) is 1. The second kappa shape index (κ2) is 5.31. The molecule has 1 aliphatic heterocycles. The van der Waals surface area contributed by atoms with E-state index in [0.29, 0.717) is 0 Å². The maximum absolute atomic E-state index is 5.99. The molecule has 0 spiro atoms. The zero-order valence-corrected chi connectivity index (χ0v) is 10.1. The monoisotopic (exact) mass is 210 g/mol. The van der Waals surface area contributed by atoms with Crippen LogP contribution in [-0.2, 0) is 0 Å². The van der Waals surface area contributed by atoms with Gasteiger partial charge in [-0.3, -0.25) is 0 Å². The molecular weight excluding hydrogens is 184 g/mol. The van der Waals surface area contributed by atoms with Gasteiger partial charge in [0.05, 0.1) is 0 Å². The molecule has 0 aromatic heterocycles. The Bertz CT molecular complexity index is 189. The first-order valence-corrected chi connectivity index (χ1v) is 6.70. The van der Waals surface area contributed by atoms with Gasteiger partial charge in [-0.1, -0.05) is 19.3 Å². The molecule has 1 heterocycles. The highest BCUT2D eigenvalue weighted by Gasteiger charge is 2.32. The zero-order chi connectivity index (χ0) is 10.7. The molecule has 2 fully saturated rings. The fraction of sp³-hybridized carbons (Fsp3) is 1.00. The fourth-order valence-corrected chi connectivity index (χ4v) is 3.33. The average molecular weight is 210 g/mol. The van der Waals surface area contributed by atoms with Gasteiger partial charge in [-0.25, -0.2) is 0 Å². The van der Waals surface area contributed by atoms with Crippen molar-refractivity contribution in [3.63, 3.8) is 0 Å². The van der Waals surface area contributed by atoms with Crippen molar-refractivity contribution in [1.82, 2.24) is 4.90 Å². The van der Waals surface area contributed by atoms with Gasteiger partial charge in [0, 0.05) is 0 Å². The van der Waals surface area contributed by atoms with Crippen molar-refractivity contribution in [2.75, 3.05) is 26.7 Å². The van der Waals surface area contributed by atoms with Crippen LogP contribution in [-0.4, -0.2) is 31.6 Å². The molecule has 0 amide bonds. The van der Waals surface area contributed by atoms with Crippen molar-refractivity contribution in [3.8, 4) is 0 Å². The van der Waals surface area contributed by atoms with Crippen LogP contribution in [0.25, 0.3) is 0 Å². The molecular formula is C13H26N2. The summed E-state index contributed by atoms with van der Waals surface area (Å²) in [6.45, 7) is 3.51.